The van der Waals surface area contributed by atoms with Crippen LogP contribution in [0, 0.1) is 5.82 Å². The molecule has 2 atom stereocenters. The zero-order chi connectivity index (χ0) is 22.0. The number of benzene rings is 3. The summed E-state index contributed by atoms with van der Waals surface area (Å²) in [4.78, 5) is 12.6. The number of nitrogens with one attached hydrogen (secondary N) is 2. The van der Waals surface area contributed by atoms with Crippen LogP contribution in [-0.2, 0) is 14.8 Å². The molecule has 4 rings (SSSR count). The molecule has 0 aliphatic carbocycles. The number of sulfonamides is 1. The van der Waals surface area contributed by atoms with E-state index in [2.05, 4.69) is 10.0 Å². The van der Waals surface area contributed by atoms with Crippen molar-refractivity contribution in [2.24, 2.45) is 0 Å². The summed E-state index contributed by atoms with van der Waals surface area (Å²) in [5, 5.41) is 2.74. The largest absolute Gasteiger partial charge is 0.482 e. The van der Waals surface area contributed by atoms with Gasteiger partial charge in [0.2, 0.25) is 6.10 Å². The number of hydrogen-bond donors (Lipinski definition) is 2. The van der Waals surface area contributed by atoms with Crippen molar-refractivity contribution in [1.29, 1.82) is 0 Å². The van der Waals surface area contributed by atoms with Crippen molar-refractivity contribution in [2.45, 2.75) is 24.0 Å². The normalized spacial score (nSPS) is 17.6. The summed E-state index contributed by atoms with van der Waals surface area (Å²) in [7, 11) is -3.86. The molecule has 0 radical (unpaired) electrons. The summed E-state index contributed by atoms with van der Waals surface area (Å²) in [6.45, 7) is 1.74. The Bertz CT molecular complexity index is 1200. The molecule has 0 spiro atoms. The topological polar surface area (TPSA) is 93.7 Å². The van der Waals surface area contributed by atoms with Gasteiger partial charge in [-0.25, -0.2) is 12.8 Å². The van der Waals surface area contributed by atoms with Crippen LogP contribution in [0.1, 0.15) is 6.92 Å². The summed E-state index contributed by atoms with van der Waals surface area (Å²) in [6, 6.07) is 17.7. The van der Waals surface area contributed by atoms with Gasteiger partial charge in [0.05, 0.1) is 4.90 Å². The number of rotatable bonds is 5. The summed E-state index contributed by atoms with van der Waals surface area (Å²) in [6.07, 6.45) is -1.33. The summed E-state index contributed by atoms with van der Waals surface area (Å²) >= 11 is 0. The lowest BCUT2D eigenvalue weighted by Crippen LogP contribution is -2.46. The number of fused-ring (bicyclic) bond motifs is 1. The highest BCUT2D eigenvalue weighted by atomic mass is 32.2. The molecule has 3 aromatic carbocycles. The highest BCUT2D eigenvalue weighted by molar-refractivity contribution is 7.92. The molecule has 0 aromatic heterocycles. The Morgan fingerprint density at radius 2 is 1.45 bits per heavy atom. The Kier molecular flexibility index (Phi) is 5.51. The maximum atomic E-state index is 13.0. The van der Waals surface area contributed by atoms with E-state index in [4.69, 9.17) is 9.47 Å². The van der Waals surface area contributed by atoms with Crippen molar-refractivity contribution in [3.05, 3.63) is 78.6 Å². The lowest BCUT2D eigenvalue weighted by molar-refractivity contribution is -0.128. The Labute approximate surface area is 178 Å². The number of halogens is 1. The van der Waals surface area contributed by atoms with Crippen LogP contribution in [0.5, 0.6) is 11.5 Å². The highest BCUT2D eigenvalue weighted by Crippen LogP contribution is 2.33. The molecular weight excluding hydrogens is 423 g/mol. The van der Waals surface area contributed by atoms with Crippen molar-refractivity contribution in [1.82, 2.24) is 0 Å². The van der Waals surface area contributed by atoms with E-state index >= 15 is 0 Å². The Morgan fingerprint density at radius 3 is 2.10 bits per heavy atom. The number of para-hydroxylation sites is 2. The van der Waals surface area contributed by atoms with Gasteiger partial charge in [-0.1, -0.05) is 12.1 Å². The Balaban J connectivity index is 1.42. The first kappa shape index (κ1) is 20.7. The van der Waals surface area contributed by atoms with Gasteiger partial charge >= 0.3 is 0 Å². The van der Waals surface area contributed by atoms with Crippen molar-refractivity contribution >= 4 is 27.3 Å². The smallest absolute Gasteiger partial charge is 0.269 e. The molecule has 2 N–H and O–H groups in total. The molecule has 1 amide bonds. The second-order valence-electron chi connectivity index (χ2n) is 6.93. The van der Waals surface area contributed by atoms with E-state index in [1.165, 1.54) is 24.3 Å². The third-order valence-electron chi connectivity index (χ3n) is 4.63. The monoisotopic (exact) mass is 442 g/mol. The van der Waals surface area contributed by atoms with Gasteiger partial charge in [0.1, 0.15) is 11.9 Å². The highest BCUT2D eigenvalue weighted by Gasteiger charge is 2.34. The first-order valence-electron chi connectivity index (χ1n) is 9.43. The second kappa shape index (κ2) is 8.27. The number of anilines is 2. The first-order chi connectivity index (χ1) is 14.8. The van der Waals surface area contributed by atoms with E-state index in [-0.39, 0.29) is 10.8 Å². The molecule has 1 aliphatic heterocycles. The average molecular weight is 442 g/mol. The fourth-order valence-corrected chi connectivity index (χ4v) is 4.13. The van der Waals surface area contributed by atoms with Crippen molar-refractivity contribution in [3.63, 3.8) is 0 Å². The van der Waals surface area contributed by atoms with Gasteiger partial charge in [-0.3, -0.25) is 9.52 Å². The molecule has 7 nitrogen and oxygen atoms in total. The molecule has 3 aromatic rings. The molecule has 1 heterocycles. The number of carbonyl (C=O) groups excluding carboxylic acids is 1. The molecule has 0 unspecified atom stereocenters. The molecule has 160 valence electrons. The predicted molar refractivity (Wildman–Crippen MR) is 113 cm³/mol. The van der Waals surface area contributed by atoms with Gasteiger partial charge in [-0.15, -0.1) is 0 Å². The molecule has 0 saturated carbocycles. The predicted octanol–water partition coefficient (Wildman–Crippen LogP) is 3.79. The van der Waals surface area contributed by atoms with Crippen LogP contribution in [0.3, 0.4) is 0 Å². The maximum Gasteiger partial charge on any atom is 0.269 e. The molecule has 0 bridgehead atoms. The number of ether oxygens (including phenoxy) is 2. The minimum atomic E-state index is -3.86. The fraction of sp³-hybridized carbons (Fsp3) is 0.136. The summed E-state index contributed by atoms with van der Waals surface area (Å²) in [5.74, 6) is 0.161. The third kappa shape index (κ3) is 4.61. The van der Waals surface area contributed by atoms with Gasteiger partial charge in [0.25, 0.3) is 15.9 Å². The first-order valence-corrected chi connectivity index (χ1v) is 10.9. The van der Waals surface area contributed by atoms with Gasteiger partial charge in [0, 0.05) is 11.4 Å². The number of hydrogen-bond acceptors (Lipinski definition) is 5. The van der Waals surface area contributed by atoms with E-state index < -0.39 is 28.0 Å². The van der Waals surface area contributed by atoms with Crippen molar-refractivity contribution in [2.75, 3.05) is 10.0 Å². The Morgan fingerprint density at radius 1 is 0.871 bits per heavy atom. The van der Waals surface area contributed by atoms with Crippen LogP contribution in [0.15, 0.2) is 77.7 Å². The van der Waals surface area contributed by atoms with Gasteiger partial charge in [-0.05, 0) is 67.6 Å². The van der Waals surface area contributed by atoms with Crippen LogP contribution in [-0.4, -0.2) is 26.5 Å². The van der Waals surface area contributed by atoms with E-state index in [0.717, 1.165) is 12.1 Å². The van der Waals surface area contributed by atoms with Crippen LogP contribution < -0.4 is 19.5 Å². The van der Waals surface area contributed by atoms with Crippen LogP contribution in [0.25, 0.3) is 0 Å². The maximum absolute atomic E-state index is 13.0. The lowest BCUT2D eigenvalue weighted by Gasteiger charge is -2.31. The van der Waals surface area contributed by atoms with Crippen LogP contribution >= 0.6 is 0 Å². The van der Waals surface area contributed by atoms with Crippen LogP contribution in [0.4, 0.5) is 15.8 Å². The van der Waals surface area contributed by atoms with E-state index in [1.54, 1.807) is 37.3 Å². The van der Waals surface area contributed by atoms with Gasteiger partial charge in [-0.2, -0.15) is 0 Å². The molecule has 0 saturated heterocycles. The zero-order valence-electron chi connectivity index (χ0n) is 16.4. The second-order valence-corrected chi connectivity index (χ2v) is 8.62. The van der Waals surface area contributed by atoms with Gasteiger partial charge in [0.15, 0.2) is 11.5 Å². The van der Waals surface area contributed by atoms with Crippen molar-refractivity contribution in [3.8, 4) is 11.5 Å². The SMILES string of the molecule is C[C@@H]1Oc2ccccc2O[C@@H]1C(=O)Nc1ccc(NS(=O)(=O)c2ccc(F)cc2)cc1. The standard InChI is InChI=1S/C22H19FN2O5S/c1-14-21(30-20-5-3-2-4-19(20)29-14)22(26)24-16-8-10-17(11-9-16)25-31(27,28)18-12-6-15(23)7-13-18/h2-14,21,25H,1H3,(H,24,26)/t14-,21-/m0/s1. The van der Waals surface area contributed by atoms with Gasteiger partial charge < -0.3 is 14.8 Å². The molecule has 1 aliphatic rings. The average Bonchev–Trinajstić information content (AvgIpc) is 2.74. The lowest BCUT2D eigenvalue weighted by atomic mass is 10.1. The number of carbonyl (C=O) groups is 1. The summed E-state index contributed by atoms with van der Waals surface area (Å²) < 4.78 is 51.7. The van der Waals surface area contributed by atoms with Crippen LogP contribution in [0.2, 0.25) is 0 Å². The number of amides is 1. The fourth-order valence-electron chi connectivity index (χ4n) is 3.07. The summed E-state index contributed by atoms with van der Waals surface area (Å²) in [5.41, 5.74) is 0.756. The molecule has 0 fully saturated rings. The van der Waals surface area contributed by atoms with E-state index in [0.29, 0.717) is 22.9 Å². The van der Waals surface area contributed by atoms with E-state index in [9.17, 15) is 17.6 Å². The Hall–Kier alpha value is -3.59. The zero-order valence-corrected chi connectivity index (χ0v) is 17.2. The minimum absolute atomic E-state index is 0.0602. The van der Waals surface area contributed by atoms with E-state index in [1.807, 2.05) is 6.07 Å². The molecular formula is C22H19FN2O5S. The van der Waals surface area contributed by atoms with Crippen molar-refractivity contribution < 1.29 is 27.1 Å². The molecule has 9 heteroatoms. The minimum Gasteiger partial charge on any atom is -0.482 e. The quantitative estimate of drug-likeness (QED) is 0.627. The third-order valence-corrected chi connectivity index (χ3v) is 6.03. The molecule has 31 heavy (non-hydrogen) atoms.